The van der Waals surface area contributed by atoms with Gasteiger partial charge in [0, 0.05) is 49.9 Å². The average Bonchev–Trinajstić information content (AvgIpc) is 3.33. The Balaban J connectivity index is 1.70. The van der Waals surface area contributed by atoms with Crippen molar-refractivity contribution in [1.29, 1.82) is 5.26 Å². The summed E-state index contributed by atoms with van der Waals surface area (Å²) in [6.07, 6.45) is 2.93. The highest BCUT2D eigenvalue weighted by Crippen LogP contribution is 2.27. The number of nitriles is 1. The van der Waals surface area contributed by atoms with Gasteiger partial charge in [0.15, 0.2) is 0 Å². The number of carbonyl (C=O) groups excluding carboxylic acids is 2. The molecule has 0 atom stereocenters. The third kappa shape index (κ3) is 6.46. The topological polar surface area (TPSA) is 106 Å². The van der Waals surface area contributed by atoms with Crippen molar-refractivity contribution in [2.45, 2.75) is 26.2 Å². The lowest BCUT2D eigenvalue weighted by Gasteiger charge is -2.22. The largest absolute Gasteiger partial charge is 0.382 e. The van der Waals surface area contributed by atoms with E-state index in [1.165, 1.54) is 0 Å². The van der Waals surface area contributed by atoms with E-state index in [0.29, 0.717) is 42.3 Å². The molecule has 8 heteroatoms. The Morgan fingerprint density at radius 3 is 2.56 bits per heavy atom. The normalized spacial score (nSPS) is 12.8. The summed E-state index contributed by atoms with van der Waals surface area (Å²) in [7, 11) is 0. The Labute approximate surface area is 188 Å². The van der Waals surface area contributed by atoms with Gasteiger partial charge < -0.3 is 25.6 Å². The molecule has 3 amide bonds. The first kappa shape index (κ1) is 23.1. The molecule has 1 heterocycles. The van der Waals surface area contributed by atoms with Crippen LogP contribution in [0.15, 0.2) is 42.5 Å². The van der Waals surface area contributed by atoms with Crippen LogP contribution in [0.2, 0.25) is 0 Å². The number of nitrogens with one attached hydrogen (secondary N) is 3. The van der Waals surface area contributed by atoms with E-state index in [-0.39, 0.29) is 5.91 Å². The summed E-state index contributed by atoms with van der Waals surface area (Å²) in [6, 6.07) is 13.6. The quantitative estimate of drug-likeness (QED) is 0.517. The van der Waals surface area contributed by atoms with Gasteiger partial charge in [0.1, 0.15) is 0 Å². The van der Waals surface area contributed by atoms with Gasteiger partial charge in [0.2, 0.25) is 0 Å². The number of ether oxygens (including phenoxy) is 1. The molecule has 0 bridgehead atoms. The van der Waals surface area contributed by atoms with Crippen LogP contribution in [-0.2, 0) is 4.74 Å². The number of hydrogen-bond acceptors (Lipinski definition) is 5. The molecule has 3 N–H and O–H groups in total. The molecule has 1 aliphatic rings. The monoisotopic (exact) mass is 435 g/mol. The highest BCUT2D eigenvalue weighted by molar-refractivity contribution is 6.04. The molecular weight excluding hydrogens is 406 g/mol. The number of amides is 3. The molecule has 2 aromatic carbocycles. The molecule has 0 radical (unpaired) electrons. The van der Waals surface area contributed by atoms with Crippen molar-refractivity contribution in [3.63, 3.8) is 0 Å². The van der Waals surface area contributed by atoms with Crippen LogP contribution in [0.4, 0.5) is 21.9 Å². The van der Waals surface area contributed by atoms with Gasteiger partial charge in [-0.05, 0) is 62.6 Å². The second-order valence-corrected chi connectivity index (χ2v) is 7.50. The molecule has 8 nitrogen and oxygen atoms in total. The van der Waals surface area contributed by atoms with Crippen molar-refractivity contribution in [2.24, 2.45) is 0 Å². The first-order chi connectivity index (χ1) is 15.6. The minimum atomic E-state index is -0.447. The van der Waals surface area contributed by atoms with Gasteiger partial charge in [-0.15, -0.1) is 0 Å². The molecule has 0 aliphatic carbocycles. The summed E-state index contributed by atoms with van der Waals surface area (Å²) in [5.74, 6) is -0.172. The predicted octanol–water partition coefficient (Wildman–Crippen LogP) is 3.96. The van der Waals surface area contributed by atoms with Gasteiger partial charge in [-0.3, -0.25) is 4.79 Å². The van der Waals surface area contributed by atoms with Gasteiger partial charge in [-0.25, -0.2) is 4.79 Å². The number of nitrogens with zero attached hydrogens (tertiary/aromatic N) is 2. The molecule has 1 fully saturated rings. The van der Waals surface area contributed by atoms with E-state index in [9.17, 15) is 9.59 Å². The lowest BCUT2D eigenvalue weighted by atomic mass is 10.1. The molecule has 0 spiro atoms. The Morgan fingerprint density at radius 2 is 1.84 bits per heavy atom. The third-order valence-electron chi connectivity index (χ3n) is 5.15. The zero-order chi connectivity index (χ0) is 22.8. The van der Waals surface area contributed by atoms with Crippen LogP contribution in [0.1, 0.15) is 42.1 Å². The number of anilines is 3. The highest BCUT2D eigenvalue weighted by Gasteiger charge is 2.20. The Kier molecular flexibility index (Phi) is 8.46. The van der Waals surface area contributed by atoms with Crippen LogP contribution in [0.25, 0.3) is 0 Å². The second kappa shape index (κ2) is 11.7. The minimum absolute atomic E-state index is 0.172. The first-order valence-corrected chi connectivity index (χ1v) is 10.9. The summed E-state index contributed by atoms with van der Waals surface area (Å²) in [5.41, 5.74) is 2.90. The Morgan fingerprint density at radius 1 is 1.09 bits per heavy atom. The van der Waals surface area contributed by atoms with Crippen LogP contribution in [0.3, 0.4) is 0 Å². The van der Waals surface area contributed by atoms with Crippen LogP contribution in [-0.4, -0.2) is 44.8 Å². The van der Waals surface area contributed by atoms with Crippen LogP contribution in [0, 0.1) is 11.3 Å². The summed E-state index contributed by atoms with van der Waals surface area (Å²) >= 11 is 0. The molecule has 0 unspecified atom stereocenters. The van der Waals surface area contributed by atoms with Crippen molar-refractivity contribution in [3.8, 4) is 6.07 Å². The van der Waals surface area contributed by atoms with Crippen LogP contribution < -0.4 is 20.9 Å². The van der Waals surface area contributed by atoms with Crippen molar-refractivity contribution in [2.75, 3.05) is 48.4 Å². The van der Waals surface area contributed by atoms with E-state index in [1.54, 1.807) is 36.4 Å². The number of carbonyl (C=O) groups is 2. The number of benzene rings is 2. The molecule has 0 saturated carbocycles. The lowest BCUT2D eigenvalue weighted by molar-refractivity contribution is 0.0944. The summed E-state index contributed by atoms with van der Waals surface area (Å²) in [6.45, 7) is 5.54. The summed E-state index contributed by atoms with van der Waals surface area (Å²) < 4.78 is 5.32. The summed E-state index contributed by atoms with van der Waals surface area (Å²) in [4.78, 5) is 27.6. The number of hydrogen-bond donors (Lipinski definition) is 3. The molecule has 0 aromatic heterocycles. The van der Waals surface area contributed by atoms with Crippen LogP contribution >= 0.6 is 0 Å². The van der Waals surface area contributed by atoms with Gasteiger partial charge in [0.25, 0.3) is 5.91 Å². The zero-order valence-corrected chi connectivity index (χ0v) is 18.3. The van der Waals surface area contributed by atoms with Crippen LogP contribution in [0.5, 0.6) is 0 Å². The lowest BCUT2D eigenvalue weighted by Crippen LogP contribution is -2.29. The molecule has 1 aliphatic heterocycles. The van der Waals surface area contributed by atoms with Gasteiger partial charge >= 0.3 is 6.03 Å². The maximum Gasteiger partial charge on any atom is 0.323 e. The maximum atomic E-state index is 12.9. The third-order valence-corrected chi connectivity index (χ3v) is 5.15. The molecule has 1 saturated heterocycles. The van der Waals surface area contributed by atoms with Gasteiger partial charge in [0.05, 0.1) is 17.2 Å². The van der Waals surface area contributed by atoms with E-state index in [0.717, 1.165) is 38.0 Å². The fourth-order valence-electron chi connectivity index (χ4n) is 3.61. The number of urea groups is 1. The fourth-order valence-corrected chi connectivity index (χ4v) is 3.61. The highest BCUT2D eigenvalue weighted by atomic mass is 16.5. The predicted molar refractivity (Wildman–Crippen MR) is 125 cm³/mol. The molecule has 32 heavy (non-hydrogen) atoms. The SMILES string of the molecule is CCOCCCNC(=O)c1cc(NC(=O)Nc2cccc(C#N)c2)ccc1N1CCCC1. The first-order valence-electron chi connectivity index (χ1n) is 10.9. The van der Waals surface area contributed by atoms with E-state index in [4.69, 9.17) is 10.00 Å². The van der Waals surface area contributed by atoms with E-state index in [2.05, 4.69) is 20.9 Å². The van der Waals surface area contributed by atoms with Crippen molar-refractivity contribution < 1.29 is 14.3 Å². The smallest absolute Gasteiger partial charge is 0.323 e. The van der Waals surface area contributed by atoms with E-state index >= 15 is 0 Å². The van der Waals surface area contributed by atoms with Crippen molar-refractivity contribution >= 4 is 29.0 Å². The summed E-state index contributed by atoms with van der Waals surface area (Å²) in [5, 5.41) is 17.4. The van der Waals surface area contributed by atoms with Crippen molar-refractivity contribution in [3.05, 3.63) is 53.6 Å². The van der Waals surface area contributed by atoms with Gasteiger partial charge in [-0.2, -0.15) is 5.26 Å². The number of rotatable bonds is 9. The Bertz CT molecular complexity index is 980. The maximum absolute atomic E-state index is 12.9. The van der Waals surface area contributed by atoms with Crippen molar-refractivity contribution in [1.82, 2.24) is 5.32 Å². The minimum Gasteiger partial charge on any atom is -0.382 e. The molecular formula is C24H29N5O3. The molecule has 3 rings (SSSR count). The van der Waals surface area contributed by atoms with E-state index < -0.39 is 6.03 Å². The van der Waals surface area contributed by atoms with E-state index in [1.807, 2.05) is 19.1 Å². The molecule has 2 aromatic rings. The second-order valence-electron chi connectivity index (χ2n) is 7.50. The average molecular weight is 436 g/mol. The van der Waals surface area contributed by atoms with Gasteiger partial charge in [-0.1, -0.05) is 6.07 Å². The zero-order valence-electron chi connectivity index (χ0n) is 18.3. The standard InChI is InChI=1S/C24H29N5O3/c1-2-32-14-6-11-26-23(30)21-16-20(9-10-22(21)29-12-3-4-13-29)28-24(31)27-19-8-5-7-18(15-19)17-25/h5,7-10,15-16H,2-4,6,11-14H2,1H3,(H,26,30)(H2,27,28,31). The Hall–Kier alpha value is -3.57. The fraction of sp³-hybridized carbons (Fsp3) is 0.375. The molecule has 168 valence electrons.